The van der Waals surface area contributed by atoms with Crippen molar-refractivity contribution >= 4 is 17.2 Å². The Morgan fingerprint density at radius 2 is 1.83 bits per heavy atom. The van der Waals surface area contributed by atoms with Crippen molar-refractivity contribution in [3.05, 3.63) is 10.4 Å². The molecule has 0 saturated heterocycles. The Kier molecular flexibility index (Phi) is 1.95. The van der Waals surface area contributed by atoms with Gasteiger partial charge in [0, 0.05) is 10.8 Å². The van der Waals surface area contributed by atoms with E-state index in [1.807, 2.05) is 5.38 Å². The van der Waals surface area contributed by atoms with Gasteiger partial charge in [0.15, 0.2) is 0 Å². The molecule has 0 spiro atoms. The number of nitrogen functional groups attached to an aromatic ring is 1. The number of anilines is 1. The minimum absolute atomic E-state index is 0.366. The van der Waals surface area contributed by atoms with Crippen LogP contribution in [0.15, 0.2) is 5.38 Å². The third-order valence-electron chi connectivity index (χ3n) is 5.60. The fourth-order valence-electron chi connectivity index (χ4n) is 6.22. The maximum atomic E-state index is 5.86. The Morgan fingerprint density at radius 1 is 1.17 bits per heavy atom. The molecule has 18 heavy (non-hydrogen) atoms. The molecule has 0 amide bonds. The number of hydrogen-bond donors (Lipinski definition) is 1. The highest BCUT2D eigenvalue weighted by Crippen LogP contribution is 2.70. The summed E-state index contributed by atoms with van der Waals surface area (Å²) in [6, 6.07) is 0. The van der Waals surface area contributed by atoms with Crippen molar-refractivity contribution in [2.75, 3.05) is 5.73 Å². The molecule has 0 aliphatic heterocycles. The second-order valence-corrected chi connectivity index (χ2v) is 8.85. The zero-order valence-corrected chi connectivity index (χ0v) is 12.1. The molecule has 1 aromatic heterocycles. The van der Waals surface area contributed by atoms with E-state index in [2.05, 4.69) is 18.8 Å². The van der Waals surface area contributed by atoms with Crippen molar-refractivity contribution in [2.45, 2.75) is 57.8 Å². The third-order valence-corrected chi connectivity index (χ3v) is 6.71. The number of aromatic nitrogens is 1. The molecule has 4 bridgehead atoms. The smallest absolute Gasteiger partial charge is 0.134 e. The first-order valence-corrected chi connectivity index (χ1v) is 8.00. The van der Waals surface area contributed by atoms with E-state index in [9.17, 15) is 0 Å². The number of thiazole rings is 1. The van der Waals surface area contributed by atoms with Crippen molar-refractivity contribution in [1.82, 2.24) is 4.98 Å². The Labute approximate surface area is 113 Å². The second-order valence-electron chi connectivity index (χ2n) is 7.99. The fourth-order valence-corrected chi connectivity index (χ4v) is 7.14. The molecule has 4 aliphatic carbocycles. The number of rotatable bonds is 1. The molecule has 0 aromatic carbocycles. The van der Waals surface area contributed by atoms with Crippen molar-refractivity contribution in [3.8, 4) is 0 Å². The Morgan fingerprint density at radius 3 is 2.33 bits per heavy atom. The molecule has 3 heteroatoms. The van der Waals surface area contributed by atoms with Crippen LogP contribution in [0.4, 0.5) is 5.82 Å². The molecular weight excluding hydrogens is 240 g/mol. The Bertz CT molecular complexity index is 488. The van der Waals surface area contributed by atoms with E-state index in [1.165, 1.54) is 43.5 Å². The largest absolute Gasteiger partial charge is 0.383 e. The second kappa shape index (κ2) is 3.12. The molecule has 2 N–H and O–H groups in total. The van der Waals surface area contributed by atoms with Crippen molar-refractivity contribution in [1.29, 1.82) is 0 Å². The third kappa shape index (κ3) is 1.43. The predicted octanol–water partition coefficient (Wildman–Crippen LogP) is 3.97. The lowest BCUT2D eigenvalue weighted by atomic mass is 9.40. The SMILES string of the molecule is CC12CC3CC(C)(C1)CC(c1nc(N)cs1)(C3)C2. The molecule has 98 valence electrons. The van der Waals surface area contributed by atoms with Crippen LogP contribution >= 0.6 is 11.3 Å². The average molecular weight is 262 g/mol. The van der Waals surface area contributed by atoms with E-state index in [0.29, 0.717) is 16.2 Å². The van der Waals surface area contributed by atoms with E-state index >= 15 is 0 Å². The number of nitrogens with zero attached hydrogens (tertiary/aromatic N) is 1. The molecule has 2 nitrogen and oxygen atoms in total. The maximum absolute atomic E-state index is 5.86. The van der Waals surface area contributed by atoms with Crippen LogP contribution in [0.1, 0.15) is 57.4 Å². The molecule has 0 radical (unpaired) electrons. The van der Waals surface area contributed by atoms with Gasteiger partial charge >= 0.3 is 0 Å². The minimum atomic E-state index is 0.366. The van der Waals surface area contributed by atoms with E-state index in [-0.39, 0.29) is 0 Å². The Balaban J connectivity index is 1.82. The highest BCUT2D eigenvalue weighted by Gasteiger charge is 2.61. The molecule has 1 heterocycles. The maximum Gasteiger partial charge on any atom is 0.134 e. The van der Waals surface area contributed by atoms with Crippen LogP contribution in [-0.2, 0) is 5.41 Å². The standard InChI is InChI=1S/C15H22N2S/c1-13-3-10-4-14(2,7-13)9-15(5-10,8-13)12-17-11(16)6-18-12/h6,10H,3-5,7-9,16H2,1-2H3. The molecule has 2 atom stereocenters. The van der Waals surface area contributed by atoms with Crippen LogP contribution in [-0.4, -0.2) is 4.98 Å². The summed E-state index contributed by atoms with van der Waals surface area (Å²) in [5.41, 5.74) is 7.36. The first kappa shape index (κ1) is 11.3. The van der Waals surface area contributed by atoms with Crippen LogP contribution in [0.2, 0.25) is 0 Å². The fraction of sp³-hybridized carbons (Fsp3) is 0.800. The van der Waals surface area contributed by atoms with Gasteiger partial charge in [-0.15, -0.1) is 11.3 Å². The summed E-state index contributed by atoms with van der Waals surface area (Å²) >= 11 is 1.80. The summed E-state index contributed by atoms with van der Waals surface area (Å²) in [4.78, 5) is 4.66. The van der Waals surface area contributed by atoms with Crippen LogP contribution in [0.3, 0.4) is 0 Å². The van der Waals surface area contributed by atoms with Gasteiger partial charge in [0.2, 0.25) is 0 Å². The number of nitrogens with two attached hydrogens (primary N) is 1. The van der Waals surface area contributed by atoms with E-state index in [0.717, 1.165) is 11.7 Å². The van der Waals surface area contributed by atoms with Gasteiger partial charge in [-0.2, -0.15) is 0 Å². The summed E-state index contributed by atoms with van der Waals surface area (Å²) in [6.45, 7) is 5.03. The summed E-state index contributed by atoms with van der Waals surface area (Å²) in [5, 5.41) is 3.36. The van der Waals surface area contributed by atoms with Gasteiger partial charge < -0.3 is 5.73 Å². The van der Waals surface area contributed by atoms with Gasteiger partial charge in [0.1, 0.15) is 10.8 Å². The zero-order valence-electron chi connectivity index (χ0n) is 11.3. The molecule has 4 aliphatic rings. The predicted molar refractivity (Wildman–Crippen MR) is 75.6 cm³/mol. The Hall–Kier alpha value is -0.570. The van der Waals surface area contributed by atoms with Gasteiger partial charge in [-0.3, -0.25) is 0 Å². The highest BCUT2D eigenvalue weighted by molar-refractivity contribution is 7.10. The molecule has 4 saturated carbocycles. The quantitative estimate of drug-likeness (QED) is 0.831. The van der Waals surface area contributed by atoms with Crippen LogP contribution in [0, 0.1) is 16.7 Å². The van der Waals surface area contributed by atoms with Gasteiger partial charge in [0.05, 0.1) is 0 Å². The monoisotopic (exact) mass is 262 g/mol. The topological polar surface area (TPSA) is 38.9 Å². The lowest BCUT2D eigenvalue weighted by Gasteiger charge is -2.64. The first-order chi connectivity index (χ1) is 8.41. The lowest BCUT2D eigenvalue weighted by molar-refractivity contribution is -0.109. The molecule has 5 rings (SSSR count). The first-order valence-electron chi connectivity index (χ1n) is 7.12. The number of hydrogen-bond acceptors (Lipinski definition) is 3. The van der Waals surface area contributed by atoms with Crippen LogP contribution in [0.5, 0.6) is 0 Å². The molecule has 1 aromatic rings. The van der Waals surface area contributed by atoms with Gasteiger partial charge in [-0.1, -0.05) is 13.8 Å². The highest BCUT2D eigenvalue weighted by atomic mass is 32.1. The summed E-state index contributed by atoms with van der Waals surface area (Å²) in [6.07, 6.45) is 8.39. The zero-order chi connectivity index (χ0) is 12.6. The van der Waals surface area contributed by atoms with Gasteiger partial charge in [0.25, 0.3) is 0 Å². The average Bonchev–Trinajstić information content (AvgIpc) is 2.59. The van der Waals surface area contributed by atoms with E-state index < -0.39 is 0 Å². The lowest BCUT2D eigenvalue weighted by Crippen LogP contribution is -2.56. The van der Waals surface area contributed by atoms with Crippen molar-refractivity contribution in [3.63, 3.8) is 0 Å². The van der Waals surface area contributed by atoms with Crippen molar-refractivity contribution < 1.29 is 0 Å². The van der Waals surface area contributed by atoms with E-state index in [4.69, 9.17) is 5.73 Å². The van der Waals surface area contributed by atoms with Crippen LogP contribution < -0.4 is 5.73 Å². The normalized spacial score (nSPS) is 49.8. The van der Waals surface area contributed by atoms with Crippen molar-refractivity contribution in [2.24, 2.45) is 16.7 Å². The van der Waals surface area contributed by atoms with Gasteiger partial charge in [-0.05, 0) is 55.3 Å². The minimum Gasteiger partial charge on any atom is -0.383 e. The summed E-state index contributed by atoms with van der Waals surface area (Å²) in [7, 11) is 0. The van der Waals surface area contributed by atoms with Crippen LogP contribution in [0.25, 0.3) is 0 Å². The molecular formula is C15H22N2S. The van der Waals surface area contributed by atoms with E-state index in [1.54, 1.807) is 11.3 Å². The molecule has 4 fully saturated rings. The molecule has 2 unspecified atom stereocenters. The summed E-state index contributed by atoms with van der Waals surface area (Å²) in [5.74, 6) is 1.66. The van der Waals surface area contributed by atoms with Gasteiger partial charge in [-0.25, -0.2) is 4.98 Å². The summed E-state index contributed by atoms with van der Waals surface area (Å²) < 4.78 is 0.